The molecule has 0 aromatic carbocycles. The van der Waals surface area contributed by atoms with E-state index in [-0.39, 0.29) is 25.4 Å². The Kier molecular flexibility index (Phi) is 5.98. The van der Waals surface area contributed by atoms with Crippen molar-refractivity contribution in [2.45, 2.75) is 47.0 Å². The predicted octanol–water partition coefficient (Wildman–Crippen LogP) is 2.52. The van der Waals surface area contributed by atoms with Crippen LogP contribution in [0.25, 0.3) is 0 Å². The minimum absolute atomic E-state index is 0.0769. The number of rotatable bonds is 6. The van der Waals surface area contributed by atoms with E-state index >= 15 is 0 Å². The average molecular weight is 285 g/mol. The molecule has 2 amide bonds. The van der Waals surface area contributed by atoms with Crippen LogP contribution in [0.3, 0.4) is 0 Å². The number of carbonyl (C=O) groups excluding carboxylic acids is 3. The van der Waals surface area contributed by atoms with E-state index in [0.29, 0.717) is 16.9 Å². The molecule has 0 aromatic heterocycles. The van der Waals surface area contributed by atoms with E-state index in [1.807, 2.05) is 6.92 Å². The zero-order valence-corrected chi connectivity index (χ0v) is 12.5. The molecule has 0 N–H and O–H groups in total. The highest BCUT2D eigenvalue weighted by atomic mass is 16.8. The Hall–Kier alpha value is -1.59. The largest absolute Gasteiger partial charge is 0.533 e. The summed E-state index contributed by atoms with van der Waals surface area (Å²) in [4.78, 5) is 38.6. The fourth-order valence-electron chi connectivity index (χ4n) is 2.04. The first-order chi connectivity index (χ1) is 9.36. The van der Waals surface area contributed by atoms with Crippen LogP contribution in [0.2, 0.25) is 0 Å². The lowest BCUT2D eigenvalue weighted by Crippen LogP contribution is -2.33. The van der Waals surface area contributed by atoms with E-state index in [9.17, 15) is 14.4 Å². The SMILES string of the molecule is CCC(C)C(C)C(C)COC(=O)ON1C(=O)CCC1=O. The maximum Gasteiger partial charge on any atom is 0.533 e. The van der Waals surface area contributed by atoms with Gasteiger partial charge in [0, 0.05) is 12.8 Å². The summed E-state index contributed by atoms with van der Waals surface area (Å²) in [6, 6.07) is 0. The van der Waals surface area contributed by atoms with Crippen LogP contribution in [0.15, 0.2) is 0 Å². The Morgan fingerprint density at radius 1 is 1.15 bits per heavy atom. The van der Waals surface area contributed by atoms with Gasteiger partial charge in [-0.2, -0.15) is 0 Å². The van der Waals surface area contributed by atoms with Crippen LogP contribution < -0.4 is 0 Å². The van der Waals surface area contributed by atoms with Gasteiger partial charge >= 0.3 is 6.16 Å². The number of carbonyl (C=O) groups is 3. The monoisotopic (exact) mass is 285 g/mol. The van der Waals surface area contributed by atoms with Gasteiger partial charge in [-0.1, -0.05) is 39.2 Å². The molecule has 1 fully saturated rings. The Morgan fingerprint density at radius 2 is 1.70 bits per heavy atom. The number of imide groups is 1. The van der Waals surface area contributed by atoms with Crippen molar-refractivity contribution >= 4 is 18.0 Å². The summed E-state index contributed by atoms with van der Waals surface area (Å²) < 4.78 is 4.97. The van der Waals surface area contributed by atoms with Gasteiger partial charge in [-0.05, 0) is 17.8 Å². The number of hydroxylamine groups is 2. The second-order valence-corrected chi connectivity index (χ2v) is 5.46. The van der Waals surface area contributed by atoms with Crippen molar-refractivity contribution in [2.75, 3.05) is 6.61 Å². The van der Waals surface area contributed by atoms with Crippen molar-refractivity contribution in [2.24, 2.45) is 17.8 Å². The summed E-state index contributed by atoms with van der Waals surface area (Å²) in [6.07, 6.45) is 0.213. The van der Waals surface area contributed by atoms with Gasteiger partial charge in [-0.25, -0.2) is 4.79 Å². The third-order valence-electron chi connectivity index (χ3n) is 4.07. The minimum atomic E-state index is -1.00. The first-order valence-electron chi connectivity index (χ1n) is 7.07. The van der Waals surface area contributed by atoms with Crippen molar-refractivity contribution in [1.29, 1.82) is 0 Å². The first kappa shape index (κ1) is 16.5. The van der Waals surface area contributed by atoms with Crippen LogP contribution in [0.5, 0.6) is 0 Å². The molecule has 1 heterocycles. The molecule has 0 spiro atoms. The van der Waals surface area contributed by atoms with Crippen LogP contribution in [0.1, 0.15) is 47.0 Å². The van der Waals surface area contributed by atoms with Crippen LogP contribution >= 0.6 is 0 Å². The van der Waals surface area contributed by atoms with Crippen molar-refractivity contribution < 1.29 is 24.0 Å². The van der Waals surface area contributed by atoms with E-state index in [2.05, 4.69) is 25.6 Å². The molecular weight excluding hydrogens is 262 g/mol. The number of ether oxygens (including phenoxy) is 1. The quantitative estimate of drug-likeness (QED) is 0.554. The summed E-state index contributed by atoms with van der Waals surface area (Å²) >= 11 is 0. The lowest BCUT2D eigenvalue weighted by atomic mass is 9.84. The smallest absolute Gasteiger partial charge is 0.432 e. The fourth-order valence-corrected chi connectivity index (χ4v) is 2.04. The van der Waals surface area contributed by atoms with Gasteiger partial charge in [0.05, 0.1) is 6.61 Å². The lowest BCUT2D eigenvalue weighted by Gasteiger charge is -2.24. The first-order valence-corrected chi connectivity index (χ1v) is 7.07. The van der Waals surface area contributed by atoms with Crippen LogP contribution in [-0.4, -0.2) is 29.6 Å². The molecular formula is C14H23NO5. The van der Waals surface area contributed by atoms with E-state index < -0.39 is 18.0 Å². The fraction of sp³-hybridized carbons (Fsp3) is 0.786. The number of nitrogens with zero attached hydrogens (tertiary/aromatic N) is 1. The number of hydrogen-bond acceptors (Lipinski definition) is 5. The zero-order chi connectivity index (χ0) is 15.3. The van der Waals surface area contributed by atoms with E-state index in [1.165, 1.54) is 0 Å². The number of amides is 2. The molecule has 1 aliphatic rings. The molecule has 1 saturated heterocycles. The highest BCUT2D eigenvalue weighted by Crippen LogP contribution is 2.23. The summed E-state index contributed by atoms with van der Waals surface area (Å²) in [6.45, 7) is 8.59. The minimum Gasteiger partial charge on any atom is -0.432 e. The van der Waals surface area contributed by atoms with Crippen LogP contribution in [-0.2, 0) is 19.2 Å². The average Bonchev–Trinajstić information content (AvgIpc) is 2.74. The van der Waals surface area contributed by atoms with Gasteiger partial charge < -0.3 is 4.74 Å². The molecule has 0 radical (unpaired) electrons. The molecule has 0 bridgehead atoms. The molecule has 6 nitrogen and oxygen atoms in total. The van der Waals surface area contributed by atoms with E-state index in [1.54, 1.807) is 0 Å². The predicted molar refractivity (Wildman–Crippen MR) is 71.3 cm³/mol. The van der Waals surface area contributed by atoms with Gasteiger partial charge in [-0.15, -0.1) is 0 Å². The third kappa shape index (κ3) is 4.21. The standard InChI is InChI=1S/C14H23NO5/c1-5-9(2)11(4)10(3)8-19-14(18)20-15-12(16)6-7-13(15)17/h9-11H,5-8H2,1-4H3. The van der Waals surface area contributed by atoms with Gasteiger partial charge in [-0.3, -0.25) is 14.4 Å². The van der Waals surface area contributed by atoms with Gasteiger partial charge in [0.15, 0.2) is 0 Å². The van der Waals surface area contributed by atoms with Gasteiger partial charge in [0.1, 0.15) is 0 Å². The third-order valence-corrected chi connectivity index (χ3v) is 4.07. The normalized spacial score (nSPS) is 19.7. The van der Waals surface area contributed by atoms with Crippen molar-refractivity contribution in [3.63, 3.8) is 0 Å². The molecule has 20 heavy (non-hydrogen) atoms. The van der Waals surface area contributed by atoms with Crippen LogP contribution in [0.4, 0.5) is 4.79 Å². The molecule has 0 aromatic rings. The Morgan fingerprint density at radius 3 is 2.20 bits per heavy atom. The van der Waals surface area contributed by atoms with Crippen molar-refractivity contribution in [3.05, 3.63) is 0 Å². The van der Waals surface area contributed by atoms with Crippen LogP contribution in [0, 0.1) is 17.8 Å². The number of hydrogen-bond donors (Lipinski definition) is 0. The Labute approximate surface area is 119 Å². The molecule has 1 rings (SSSR count). The maximum absolute atomic E-state index is 11.5. The molecule has 3 atom stereocenters. The highest BCUT2D eigenvalue weighted by Gasteiger charge is 2.33. The van der Waals surface area contributed by atoms with Gasteiger partial charge in [0.2, 0.25) is 0 Å². The highest BCUT2D eigenvalue weighted by molar-refractivity contribution is 6.01. The molecule has 114 valence electrons. The second-order valence-electron chi connectivity index (χ2n) is 5.46. The molecule has 6 heteroatoms. The van der Waals surface area contributed by atoms with Crippen molar-refractivity contribution in [3.8, 4) is 0 Å². The summed E-state index contributed by atoms with van der Waals surface area (Å²) in [5, 5.41) is 0.491. The lowest BCUT2D eigenvalue weighted by molar-refractivity contribution is -0.177. The van der Waals surface area contributed by atoms with E-state index in [4.69, 9.17) is 4.74 Å². The summed E-state index contributed by atoms with van der Waals surface area (Å²) in [5.74, 6) is 0.109. The molecule has 0 aliphatic carbocycles. The topological polar surface area (TPSA) is 72.9 Å². The molecule has 3 unspecified atom stereocenters. The Bertz CT molecular complexity index is 366. The van der Waals surface area contributed by atoms with Crippen molar-refractivity contribution in [1.82, 2.24) is 5.06 Å². The second kappa shape index (κ2) is 7.26. The summed E-state index contributed by atoms with van der Waals surface area (Å²) in [7, 11) is 0. The molecule has 0 saturated carbocycles. The zero-order valence-electron chi connectivity index (χ0n) is 12.5. The van der Waals surface area contributed by atoms with Gasteiger partial charge in [0.25, 0.3) is 11.8 Å². The van der Waals surface area contributed by atoms with E-state index in [0.717, 1.165) is 6.42 Å². The summed E-state index contributed by atoms with van der Waals surface area (Å²) in [5.41, 5.74) is 0. The Balaban J connectivity index is 2.36. The molecule has 1 aliphatic heterocycles. The maximum atomic E-state index is 11.5.